The molecule has 1 aliphatic carbocycles. The second-order valence-electron chi connectivity index (χ2n) is 7.91. The van der Waals surface area contributed by atoms with Gasteiger partial charge in [-0.15, -0.1) is 0 Å². The Balaban J connectivity index is 1.79. The first-order valence-electron chi connectivity index (χ1n) is 9.87. The Morgan fingerprint density at radius 2 is 1.56 bits per heavy atom. The molecular weight excluding hydrogens is 447 g/mol. The summed E-state index contributed by atoms with van der Waals surface area (Å²) in [6.45, 7) is 0. The van der Waals surface area contributed by atoms with Gasteiger partial charge in [0.15, 0.2) is 0 Å². The Kier molecular flexibility index (Phi) is 5.23. The van der Waals surface area contributed by atoms with E-state index in [0.717, 1.165) is 0 Å². The summed E-state index contributed by atoms with van der Waals surface area (Å²) >= 11 is 0. The van der Waals surface area contributed by atoms with Crippen LogP contribution in [0.5, 0.6) is 0 Å². The van der Waals surface area contributed by atoms with Gasteiger partial charge in [0.1, 0.15) is 11.2 Å². The van der Waals surface area contributed by atoms with Crippen molar-refractivity contribution < 1.29 is 36.0 Å². The second kappa shape index (κ2) is 7.54. The molecule has 2 aliphatic rings. The van der Waals surface area contributed by atoms with Crippen LogP contribution in [0.4, 0.5) is 13.2 Å². The number of hydrogen-bond acceptors (Lipinski definition) is 5. The molecule has 2 aromatic rings. The van der Waals surface area contributed by atoms with Crippen molar-refractivity contribution in [3.05, 3.63) is 65.7 Å². The Labute approximate surface area is 182 Å². The number of hydrogen-bond donors (Lipinski definition) is 0. The number of ketones is 1. The molecule has 2 atom stereocenters. The van der Waals surface area contributed by atoms with Crippen LogP contribution in [0.3, 0.4) is 0 Å². The first-order chi connectivity index (χ1) is 15.0. The van der Waals surface area contributed by atoms with Crippen LogP contribution in [0.15, 0.2) is 59.5 Å². The first-order valence-corrected chi connectivity index (χ1v) is 11.3. The van der Waals surface area contributed by atoms with Gasteiger partial charge in [0.2, 0.25) is 5.91 Å². The maximum atomic E-state index is 13.5. The van der Waals surface area contributed by atoms with Crippen LogP contribution >= 0.6 is 0 Å². The summed E-state index contributed by atoms with van der Waals surface area (Å²) in [5.74, 6) is -3.40. The minimum Gasteiger partial charge on any atom is -0.298 e. The van der Waals surface area contributed by atoms with Crippen molar-refractivity contribution in [1.82, 2.24) is 4.31 Å². The van der Waals surface area contributed by atoms with Gasteiger partial charge in [-0.2, -0.15) is 17.5 Å². The Bertz CT molecular complexity index is 1190. The number of imide groups is 1. The molecule has 2 amide bonds. The summed E-state index contributed by atoms with van der Waals surface area (Å²) in [6.07, 6.45) is -4.52. The number of amides is 2. The van der Waals surface area contributed by atoms with Crippen molar-refractivity contribution in [2.75, 3.05) is 0 Å². The van der Waals surface area contributed by atoms with E-state index >= 15 is 0 Å². The molecule has 168 valence electrons. The fraction of sp³-hybridized carbons (Fsp3) is 0.318. The minimum absolute atomic E-state index is 0.0808. The molecule has 10 heteroatoms. The molecule has 6 nitrogen and oxygen atoms in total. The maximum Gasteiger partial charge on any atom is 0.416 e. The molecule has 2 aromatic carbocycles. The molecule has 1 saturated carbocycles. The van der Waals surface area contributed by atoms with Gasteiger partial charge in [-0.05, 0) is 42.7 Å². The van der Waals surface area contributed by atoms with Crippen LogP contribution in [0, 0.1) is 5.41 Å². The number of carbonyl (C=O) groups is 3. The van der Waals surface area contributed by atoms with E-state index in [2.05, 4.69) is 0 Å². The SMILES string of the molecule is O=C1C[C@@H](c2ccccc2)[C@]2(CCCC2=O)C(=O)N1S(=O)(=O)c1ccc(C(F)(F)F)cc1. The van der Waals surface area contributed by atoms with E-state index in [1.54, 1.807) is 30.3 Å². The molecule has 1 heterocycles. The number of carbonyl (C=O) groups excluding carboxylic acids is 3. The summed E-state index contributed by atoms with van der Waals surface area (Å²) in [5.41, 5.74) is -2.19. The third kappa shape index (κ3) is 3.33. The third-order valence-electron chi connectivity index (χ3n) is 6.16. The van der Waals surface area contributed by atoms with Gasteiger partial charge in [-0.1, -0.05) is 30.3 Å². The predicted molar refractivity (Wildman–Crippen MR) is 106 cm³/mol. The minimum atomic E-state index is -4.80. The van der Waals surface area contributed by atoms with Gasteiger partial charge in [-0.25, -0.2) is 8.42 Å². The quantitative estimate of drug-likeness (QED) is 0.510. The number of Topliss-reactive ketones (excluding diaryl/α,β-unsaturated/α-hetero) is 1. The van der Waals surface area contributed by atoms with E-state index < -0.39 is 55.6 Å². The summed E-state index contributed by atoms with van der Waals surface area (Å²) in [6, 6.07) is 11.0. The Morgan fingerprint density at radius 1 is 0.938 bits per heavy atom. The zero-order valence-electron chi connectivity index (χ0n) is 16.6. The van der Waals surface area contributed by atoms with Crippen LogP contribution in [0.25, 0.3) is 0 Å². The van der Waals surface area contributed by atoms with Gasteiger partial charge < -0.3 is 0 Å². The number of piperidine rings is 1. The molecule has 0 unspecified atom stereocenters. The van der Waals surface area contributed by atoms with E-state index in [0.29, 0.717) is 36.2 Å². The number of sulfonamides is 1. The first kappa shape index (κ1) is 22.2. The van der Waals surface area contributed by atoms with Crippen molar-refractivity contribution in [2.45, 2.75) is 42.7 Å². The lowest BCUT2D eigenvalue weighted by Gasteiger charge is -2.42. The third-order valence-corrected chi connectivity index (χ3v) is 7.88. The van der Waals surface area contributed by atoms with E-state index in [9.17, 15) is 36.0 Å². The Hall–Kier alpha value is -3.01. The van der Waals surface area contributed by atoms with Crippen molar-refractivity contribution in [3.8, 4) is 0 Å². The lowest BCUT2D eigenvalue weighted by molar-refractivity contribution is -0.155. The lowest BCUT2D eigenvalue weighted by Crippen LogP contribution is -2.58. The highest BCUT2D eigenvalue weighted by molar-refractivity contribution is 7.90. The normalized spacial score (nSPS) is 24.4. The van der Waals surface area contributed by atoms with E-state index in [-0.39, 0.29) is 23.6 Å². The van der Waals surface area contributed by atoms with E-state index in [1.165, 1.54) is 0 Å². The highest BCUT2D eigenvalue weighted by atomic mass is 32.2. The van der Waals surface area contributed by atoms with Crippen molar-refractivity contribution in [2.24, 2.45) is 5.41 Å². The number of halogens is 3. The molecule has 0 bridgehead atoms. The zero-order chi connectivity index (χ0) is 23.3. The summed E-state index contributed by atoms with van der Waals surface area (Å²) in [5, 5.41) is 0. The fourth-order valence-electron chi connectivity index (χ4n) is 4.61. The highest BCUT2D eigenvalue weighted by Gasteiger charge is 2.62. The lowest BCUT2D eigenvalue weighted by atomic mass is 9.66. The summed E-state index contributed by atoms with van der Waals surface area (Å²) < 4.78 is 64.9. The van der Waals surface area contributed by atoms with Crippen LogP contribution in [-0.2, 0) is 30.6 Å². The smallest absolute Gasteiger partial charge is 0.298 e. The summed E-state index contributed by atoms with van der Waals surface area (Å²) in [4.78, 5) is 38.7. The molecule has 1 aliphatic heterocycles. The van der Waals surface area contributed by atoms with Crippen molar-refractivity contribution >= 4 is 27.6 Å². The molecule has 0 radical (unpaired) electrons. The number of nitrogens with zero attached hydrogens (tertiary/aromatic N) is 1. The molecule has 4 rings (SSSR count). The molecular formula is C22H18F3NO5S. The second-order valence-corrected chi connectivity index (χ2v) is 9.69. The van der Waals surface area contributed by atoms with Gasteiger partial charge >= 0.3 is 6.18 Å². The van der Waals surface area contributed by atoms with Crippen molar-refractivity contribution in [3.63, 3.8) is 0 Å². The molecule has 0 N–H and O–H groups in total. The van der Waals surface area contributed by atoms with Crippen LogP contribution in [0.1, 0.15) is 42.7 Å². The maximum absolute atomic E-state index is 13.5. The van der Waals surface area contributed by atoms with Gasteiger partial charge in [-0.3, -0.25) is 14.4 Å². The van der Waals surface area contributed by atoms with E-state index in [4.69, 9.17) is 0 Å². The summed E-state index contributed by atoms with van der Waals surface area (Å²) in [7, 11) is -4.80. The number of rotatable bonds is 3. The van der Waals surface area contributed by atoms with Crippen LogP contribution in [-0.4, -0.2) is 30.3 Å². The number of benzene rings is 2. The molecule has 1 saturated heterocycles. The number of alkyl halides is 3. The topological polar surface area (TPSA) is 88.6 Å². The molecule has 32 heavy (non-hydrogen) atoms. The zero-order valence-corrected chi connectivity index (χ0v) is 17.4. The average molecular weight is 465 g/mol. The standard InChI is InChI=1S/C22H18F3NO5S/c23-22(24,25)15-8-10-16(11-9-15)32(30,31)26-19(28)13-17(14-5-2-1-3-6-14)21(20(26)29)12-4-7-18(21)27/h1-3,5-6,8-11,17H,4,7,12-13H2/t17-,21-/m0/s1. The molecule has 0 aromatic heterocycles. The molecule has 2 fully saturated rings. The predicted octanol–water partition coefficient (Wildman–Crippen LogP) is 3.68. The van der Waals surface area contributed by atoms with Crippen LogP contribution in [0.2, 0.25) is 0 Å². The van der Waals surface area contributed by atoms with Gasteiger partial charge in [0.05, 0.1) is 10.5 Å². The highest BCUT2D eigenvalue weighted by Crippen LogP contribution is 2.53. The largest absolute Gasteiger partial charge is 0.416 e. The van der Waals surface area contributed by atoms with Crippen LogP contribution < -0.4 is 0 Å². The van der Waals surface area contributed by atoms with E-state index in [1.807, 2.05) is 0 Å². The van der Waals surface area contributed by atoms with Gasteiger partial charge in [0.25, 0.3) is 15.9 Å². The molecule has 1 spiro atoms. The fourth-order valence-corrected chi connectivity index (χ4v) is 6.03. The van der Waals surface area contributed by atoms with Gasteiger partial charge in [0, 0.05) is 18.8 Å². The monoisotopic (exact) mass is 465 g/mol. The Morgan fingerprint density at radius 3 is 2.09 bits per heavy atom. The van der Waals surface area contributed by atoms with Crippen molar-refractivity contribution in [1.29, 1.82) is 0 Å². The average Bonchev–Trinajstić information content (AvgIpc) is 3.13.